The predicted octanol–water partition coefficient (Wildman–Crippen LogP) is 2.19. The standard InChI is InChI=1S/C16H22N2O3/c1-2-21-16(20)13-5-3-4-6-14(13)18-15(19)8-7-12-9-10-17-11-12/h3-6,12,17H,2,7-11H2,1H3,(H,18,19). The van der Waals surface area contributed by atoms with E-state index in [9.17, 15) is 9.59 Å². The van der Waals surface area contributed by atoms with Gasteiger partial charge in [-0.2, -0.15) is 0 Å². The first-order valence-corrected chi connectivity index (χ1v) is 7.47. The molecule has 5 nitrogen and oxygen atoms in total. The molecule has 1 amide bonds. The van der Waals surface area contributed by atoms with Gasteiger partial charge in [-0.15, -0.1) is 0 Å². The van der Waals surface area contributed by atoms with Crippen LogP contribution < -0.4 is 10.6 Å². The Kier molecular flexibility index (Phi) is 5.75. The number of esters is 1. The molecule has 1 aromatic rings. The fourth-order valence-corrected chi connectivity index (χ4v) is 2.49. The van der Waals surface area contributed by atoms with E-state index in [1.807, 2.05) is 0 Å². The summed E-state index contributed by atoms with van der Waals surface area (Å²) in [6.07, 6.45) is 2.48. The fourth-order valence-electron chi connectivity index (χ4n) is 2.49. The SMILES string of the molecule is CCOC(=O)c1ccccc1NC(=O)CCC1CCNC1. The molecule has 0 radical (unpaired) electrons. The van der Waals surface area contributed by atoms with Crippen LogP contribution in [0.5, 0.6) is 0 Å². The molecule has 0 spiro atoms. The summed E-state index contributed by atoms with van der Waals surface area (Å²) in [5.41, 5.74) is 0.917. The molecular weight excluding hydrogens is 268 g/mol. The number of carbonyl (C=O) groups excluding carboxylic acids is 2. The molecule has 1 aromatic carbocycles. The molecule has 1 aliphatic rings. The normalized spacial score (nSPS) is 17.5. The van der Waals surface area contributed by atoms with Crippen molar-refractivity contribution in [2.24, 2.45) is 5.92 Å². The summed E-state index contributed by atoms with van der Waals surface area (Å²) in [5.74, 6) is 0.114. The van der Waals surface area contributed by atoms with Crippen molar-refractivity contribution in [3.63, 3.8) is 0 Å². The highest BCUT2D eigenvalue weighted by Crippen LogP contribution is 2.18. The molecular formula is C16H22N2O3. The molecule has 1 saturated heterocycles. The molecule has 2 rings (SSSR count). The average molecular weight is 290 g/mol. The molecule has 1 heterocycles. The molecule has 1 atom stereocenters. The second kappa shape index (κ2) is 7.78. The Morgan fingerprint density at radius 3 is 2.90 bits per heavy atom. The Hall–Kier alpha value is -1.88. The Morgan fingerprint density at radius 1 is 1.38 bits per heavy atom. The van der Waals surface area contributed by atoms with Gasteiger partial charge in [0.15, 0.2) is 0 Å². The Bertz CT molecular complexity index is 496. The van der Waals surface area contributed by atoms with Gasteiger partial charge in [-0.05, 0) is 50.9 Å². The van der Waals surface area contributed by atoms with Crippen LogP contribution in [0.3, 0.4) is 0 Å². The van der Waals surface area contributed by atoms with Gasteiger partial charge in [-0.1, -0.05) is 12.1 Å². The maximum absolute atomic E-state index is 12.0. The molecule has 21 heavy (non-hydrogen) atoms. The summed E-state index contributed by atoms with van der Waals surface area (Å²) in [5, 5.41) is 6.10. The highest BCUT2D eigenvalue weighted by Gasteiger charge is 2.17. The number of nitrogens with one attached hydrogen (secondary N) is 2. The van der Waals surface area contributed by atoms with Crippen molar-refractivity contribution in [3.05, 3.63) is 29.8 Å². The summed E-state index contributed by atoms with van der Waals surface area (Å²) in [4.78, 5) is 23.9. The van der Waals surface area contributed by atoms with Gasteiger partial charge in [0, 0.05) is 6.42 Å². The quantitative estimate of drug-likeness (QED) is 0.788. The van der Waals surface area contributed by atoms with Crippen LogP contribution in [-0.2, 0) is 9.53 Å². The van der Waals surface area contributed by atoms with Gasteiger partial charge in [0.2, 0.25) is 5.91 Å². The number of anilines is 1. The van der Waals surface area contributed by atoms with Crippen LogP contribution in [-0.4, -0.2) is 31.6 Å². The molecule has 0 saturated carbocycles. The zero-order valence-electron chi connectivity index (χ0n) is 12.4. The number of para-hydroxylation sites is 1. The number of rotatable bonds is 6. The Morgan fingerprint density at radius 2 is 2.19 bits per heavy atom. The summed E-state index contributed by atoms with van der Waals surface area (Å²) < 4.78 is 4.99. The summed E-state index contributed by atoms with van der Waals surface area (Å²) in [7, 11) is 0. The molecule has 0 aromatic heterocycles. The van der Waals surface area contributed by atoms with Crippen molar-refractivity contribution < 1.29 is 14.3 Å². The number of amides is 1. The van der Waals surface area contributed by atoms with Crippen LogP contribution >= 0.6 is 0 Å². The van der Waals surface area contributed by atoms with Gasteiger partial charge < -0.3 is 15.4 Å². The molecule has 1 aliphatic heterocycles. The highest BCUT2D eigenvalue weighted by atomic mass is 16.5. The van der Waals surface area contributed by atoms with Crippen molar-refractivity contribution >= 4 is 17.6 Å². The van der Waals surface area contributed by atoms with Crippen molar-refractivity contribution in [3.8, 4) is 0 Å². The monoisotopic (exact) mass is 290 g/mol. The van der Waals surface area contributed by atoms with Crippen LogP contribution in [0.2, 0.25) is 0 Å². The third-order valence-electron chi connectivity index (χ3n) is 3.64. The van der Waals surface area contributed by atoms with Gasteiger partial charge in [-0.25, -0.2) is 4.79 Å². The smallest absolute Gasteiger partial charge is 0.340 e. The van der Waals surface area contributed by atoms with Gasteiger partial charge in [-0.3, -0.25) is 4.79 Å². The van der Waals surface area contributed by atoms with Gasteiger partial charge in [0.05, 0.1) is 17.9 Å². The van der Waals surface area contributed by atoms with Crippen LogP contribution in [0, 0.1) is 5.92 Å². The topological polar surface area (TPSA) is 67.4 Å². The number of benzene rings is 1. The maximum atomic E-state index is 12.0. The lowest BCUT2D eigenvalue weighted by atomic mass is 10.0. The molecule has 5 heteroatoms. The largest absolute Gasteiger partial charge is 0.462 e. The minimum absolute atomic E-state index is 0.0568. The van der Waals surface area contributed by atoms with Crippen molar-refractivity contribution in [1.82, 2.24) is 5.32 Å². The molecule has 1 fully saturated rings. The Labute approximate surface area is 125 Å². The predicted molar refractivity (Wildman–Crippen MR) is 81.2 cm³/mol. The minimum Gasteiger partial charge on any atom is -0.462 e. The van der Waals surface area contributed by atoms with Crippen LogP contribution in [0.25, 0.3) is 0 Å². The number of hydrogen-bond donors (Lipinski definition) is 2. The number of ether oxygens (including phenoxy) is 1. The van der Waals surface area contributed by atoms with Gasteiger partial charge in [0.1, 0.15) is 0 Å². The Balaban J connectivity index is 1.91. The van der Waals surface area contributed by atoms with Crippen LogP contribution in [0.4, 0.5) is 5.69 Å². The summed E-state index contributed by atoms with van der Waals surface area (Å²) in [6.45, 7) is 4.11. The van der Waals surface area contributed by atoms with Crippen LogP contribution in [0.1, 0.15) is 36.5 Å². The van der Waals surface area contributed by atoms with E-state index in [0.717, 1.165) is 25.9 Å². The van der Waals surface area contributed by atoms with E-state index in [2.05, 4.69) is 10.6 Å². The van der Waals surface area contributed by atoms with Gasteiger partial charge in [0.25, 0.3) is 0 Å². The lowest BCUT2D eigenvalue weighted by molar-refractivity contribution is -0.116. The first kappa shape index (κ1) is 15.5. The van der Waals surface area contributed by atoms with E-state index in [-0.39, 0.29) is 5.91 Å². The van der Waals surface area contributed by atoms with Crippen LogP contribution in [0.15, 0.2) is 24.3 Å². The van der Waals surface area contributed by atoms with Gasteiger partial charge >= 0.3 is 5.97 Å². The van der Waals surface area contributed by atoms with E-state index in [0.29, 0.717) is 30.2 Å². The zero-order chi connectivity index (χ0) is 15.1. The molecule has 0 aliphatic carbocycles. The lowest BCUT2D eigenvalue weighted by Gasteiger charge is -2.11. The summed E-state index contributed by atoms with van der Waals surface area (Å²) >= 11 is 0. The van der Waals surface area contributed by atoms with Crippen molar-refractivity contribution in [2.45, 2.75) is 26.2 Å². The maximum Gasteiger partial charge on any atom is 0.340 e. The molecule has 2 N–H and O–H groups in total. The third-order valence-corrected chi connectivity index (χ3v) is 3.64. The first-order valence-electron chi connectivity index (χ1n) is 7.47. The average Bonchev–Trinajstić information content (AvgIpc) is 2.99. The second-order valence-corrected chi connectivity index (χ2v) is 5.21. The minimum atomic E-state index is -0.409. The third kappa shape index (κ3) is 4.56. The highest BCUT2D eigenvalue weighted by molar-refractivity contribution is 6.01. The summed E-state index contributed by atoms with van der Waals surface area (Å²) in [6, 6.07) is 6.93. The van der Waals surface area contributed by atoms with Crippen molar-refractivity contribution in [1.29, 1.82) is 0 Å². The molecule has 1 unspecified atom stereocenters. The van der Waals surface area contributed by atoms with E-state index >= 15 is 0 Å². The zero-order valence-corrected chi connectivity index (χ0v) is 12.4. The fraction of sp³-hybridized carbons (Fsp3) is 0.500. The number of hydrogen-bond acceptors (Lipinski definition) is 4. The molecule has 114 valence electrons. The molecule has 0 bridgehead atoms. The van der Waals surface area contributed by atoms with E-state index in [1.165, 1.54) is 0 Å². The lowest BCUT2D eigenvalue weighted by Crippen LogP contribution is -2.17. The number of carbonyl (C=O) groups is 2. The first-order chi connectivity index (χ1) is 10.2. The van der Waals surface area contributed by atoms with E-state index in [4.69, 9.17) is 4.74 Å². The second-order valence-electron chi connectivity index (χ2n) is 5.21. The van der Waals surface area contributed by atoms with Crippen molar-refractivity contribution in [2.75, 3.05) is 25.0 Å². The van der Waals surface area contributed by atoms with E-state index < -0.39 is 5.97 Å². The van der Waals surface area contributed by atoms with E-state index in [1.54, 1.807) is 31.2 Å².